The molecule has 3 aliphatic rings. The third kappa shape index (κ3) is 4.58. The second kappa shape index (κ2) is 9.37. The minimum Gasteiger partial charge on any atom is -1.00 e. The van der Waals surface area contributed by atoms with Crippen LogP contribution >= 0.6 is 0 Å². The van der Waals surface area contributed by atoms with Crippen LogP contribution in [0, 0.1) is 5.41 Å². The summed E-state index contributed by atoms with van der Waals surface area (Å²) >= 11 is 0. The summed E-state index contributed by atoms with van der Waals surface area (Å²) in [7, 11) is 6.07. The molecule has 0 amide bonds. The van der Waals surface area contributed by atoms with Gasteiger partial charge < -0.3 is 42.7 Å². The van der Waals surface area contributed by atoms with Crippen LogP contribution in [0.5, 0.6) is 17.2 Å². The van der Waals surface area contributed by atoms with Crippen molar-refractivity contribution in [3.63, 3.8) is 0 Å². The molecule has 0 bridgehead atoms. The van der Waals surface area contributed by atoms with Gasteiger partial charge >= 0.3 is 0 Å². The SMILES string of the molecule is COc1c2c(cc3c1C(CC(=O)C=CC1=C(C)CCCC1(C)C)[N+](C)(C)CC3)OCO2.[I-]. The van der Waals surface area contributed by atoms with E-state index in [1.165, 1.54) is 29.6 Å². The molecule has 1 aromatic carbocycles. The molecule has 0 N–H and O–H groups in total. The number of ether oxygens (including phenoxy) is 3. The fourth-order valence-corrected chi connectivity index (χ4v) is 5.56. The van der Waals surface area contributed by atoms with Crippen LogP contribution in [0.2, 0.25) is 0 Å². The fourth-order valence-electron chi connectivity index (χ4n) is 5.56. The first-order valence-electron chi connectivity index (χ1n) is 11.4. The minimum absolute atomic E-state index is 0. The summed E-state index contributed by atoms with van der Waals surface area (Å²) < 4.78 is 17.9. The van der Waals surface area contributed by atoms with Crippen molar-refractivity contribution < 1.29 is 47.5 Å². The average molecular weight is 553 g/mol. The van der Waals surface area contributed by atoms with Gasteiger partial charge in [-0.2, -0.15) is 0 Å². The summed E-state index contributed by atoms with van der Waals surface area (Å²) in [5.41, 5.74) is 5.16. The number of likely N-dealkylation sites (N-methyl/N-ethyl adjacent to an activating group) is 1. The molecule has 1 aliphatic carbocycles. The number of methoxy groups -OCH3 is 1. The number of rotatable bonds is 5. The number of hydrogen-bond donors (Lipinski definition) is 0. The normalized spacial score (nSPS) is 23.0. The lowest BCUT2D eigenvalue weighted by Crippen LogP contribution is -3.00. The number of nitrogens with zero attached hydrogens (tertiary/aromatic N) is 1. The van der Waals surface area contributed by atoms with Crippen molar-refractivity contribution in [3.05, 3.63) is 40.5 Å². The van der Waals surface area contributed by atoms with Gasteiger partial charge in [0.1, 0.15) is 6.04 Å². The fraction of sp³-hybridized carbons (Fsp3) is 0.577. The van der Waals surface area contributed by atoms with Crippen molar-refractivity contribution in [2.24, 2.45) is 5.41 Å². The number of quaternary nitrogens is 1. The highest BCUT2D eigenvalue weighted by molar-refractivity contribution is 5.90. The minimum atomic E-state index is 0. The lowest BCUT2D eigenvalue weighted by Gasteiger charge is -2.43. The van der Waals surface area contributed by atoms with Gasteiger partial charge in [0.15, 0.2) is 17.3 Å². The predicted molar refractivity (Wildman–Crippen MR) is 122 cm³/mol. The predicted octanol–water partition coefficient (Wildman–Crippen LogP) is 2.14. The molecule has 0 saturated heterocycles. The van der Waals surface area contributed by atoms with E-state index in [2.05, 4.69) is 47.0 Å². The number of halogens is 1. The maximum Gasteiger partial charge on any atom is 0.231 e. The number of benzene rings is 1. The Morgan fingerprint density at radius 3 is 2.72 bits per heavy atom. The molecule has 0 fully saturated rings. The Hall–Kier alpha value is -1.54. The summed E-state index contributed by atoms with van der Waals surface area (Å²) in [6.45, 7) is 7.95. The van der Waals surface area contributed by atoms with Crippen LogP contribution in [-0.2, 0) is 11.2 Å². The first-order chi connectivity index (χ1) is 14.6. The number of ketones is 1. The Kier molecular flexibility index (Phi) is 7.35. The average Bonchev–Trinajstić information content (AvgIpc) is 3.16. The molecule has 0 saturated carbocycles. The van der Waals surface area contributed by atoms with Gasteiger partial charge in [-0.25, -0.2) is 0 Å². The number of carbonyl (C=O) groups excluding carboxylic acids is 1. The van der Waals surface area contributed by atoms with Gasteiger partial charge in [-0.05, 0) is 54.9 Å². The standard InChI is InChI=1S/C26H36NO4.HI/c1-17-8-7-12-26(2,3)20(17)10-9-19(28)15-21-23-18(11-13-27(21,4)5)14-22-24(25(23)29-6)31-16-30-22;/h9-10,14,21H,7-8,11-13,15-16H2,1-6H3;1H/q+1;/p-1. The lowest BCUT2D eigenvalue weighted by atomic mass is 9.72. The summed E-state index contributed by atoms with van der Waals surface area (Å²) in [5, 5.41) is 0. The van der Waals surface area contributed by atoms with E-state index in [4.69, 9.17) is 14.2 Å². The Morgan fingerprint density at radius 1 is 1.28 bits per heavy atom. The third-order valence-corrected chi connectivity index (χ3v) is 7.46. The Labute approximate surface area is 209 Å². The summed E-state index contributed by atoms with van der Waals surface area (Å²) in [6.07, 6.45) is 8.78. The zero-order valence-corrected chi connectivity index (χ0v) is 22.4. The van der Waals surface area contributed by atoms with Crippen LogP contribution < -0.4 is 38.2 Å². The quantitative estimate of drug-likeness (QED) is 0.319. The molecule has 176 valence electrons. The number of fused-ring (bicyclic) bond motifs is 2. The van der Waals surface area contributed by atoms with Gasteiger partial charge in [0, 0.05) is 6.42 Å². The van der Waals surface area contributed by atoms with Crippen molar-refractivity contribution in [1.29, 1.82) is 0 Å². The molecule has 6 heteroatoms. The molecule has 0 radical (unpaired) electrons. The number of hydrogen-bond acceptors (Lipinski definition) is 4. The molecule has 1 atom stereocenters. The van der Waals surface area contributed by atoms with Crippen LogP contribution in [-0.4, -0.2) is 44.8 Å². The van der Waals surface area contributed by atoms with Crippen molar-refractivity contribution in [1.82, 2.24) is 0 Å². The summed E-state index contributed by atoms with van der Waals surface area (Å²) in [6, 6.07) is 2.09. The van der Waals surface area contributed by atoms with Crippen molar-refractivity contribution in [2.75, 3.05) is 34.5 Å². The second-order valence-corrected chi connectivity index (χ2v) is 10.4. The van der Waals surface area contributed by atoms with Crippen LogP contribution in [0.15, 0.2) is 29.4 Å². The van der Waals surface area contributed by atoms with E-state index in [1.54, 1.807) is 13.2 Å². The molecule has 5 nitrogen and oxygen atoms in total. The van der Waals surface area contributed by atoms with Crippen LogP contribution in [0.25, 0.3) is 0 Å². The van der Waals surface area contributed by atoms with E-state index in [9.17, 15) is 4.79 Å². The molecule has 4 rings (SSSR count). The van der Waals surface area contributed by atoms with Gasteiger partial charge in [0.2, 0.25) is 12.5 Å². The highest BCUT2D eigenvalue weighted by atomic mass is 127. The van der Waals surface area contributed by atoms with E-state index < -0.39 is 0 Å². The Bertz CT molecular complexity index is 961. The van der Waals surface area contributed by atoms with Crippen molar-refractivity contribution in [2.45, 2.75) is 58.9 Å². The molecule has 2 heterocycles. The Balaban J connectivity index is 0.00000289. The van der Waals surface area contributed by atoms with Crippen LogP contribution in [0.4, 0.5) is 0 Å². The van der Waals surface area contributed by atoms with Crippen molar-refractivity contribution >= 4 is 5.78 Å². The van der Waals surface area contributed by atoms with Gasteiger partial charge in [0.05, 0.1) is 39.7 Å². The largest absolute Gasteiger partial charge is 1.00 e. The zero-order chi connectivity index (χ0) is 22.4. The van der Waals surface area contributed by atoms with Crippen molar-refractivity contribution in [3.8, 4) is 17.2 Å². The van der Waals surface area contributed by atoms with E-state index in [0.29, 0.717) is 12.2 Å². The highest BCUT2D eigenvalue weighted by Gasteiger charge is 2.42. The lowest BCUT2D eigenvalue weighted by molar-refractivity contribution is -0.922. The molecule has 0 spiro atoms. The second-order valence-electron chi connectivity index (χ2n) is 10.4. The van der Waals surface area contributed by atoms with Crippen LogP contribution in [0.3, 0.4) is 0 Å². The molecule has 2 aliphatic heterocycles. The maximum absolute atomic E-state index is 13.2. The van der Waals surface area contributed by atoms with Crippen LogP contribution in [0.1, 0.15) is 63.6 Å². The topological polar surface area (TPSA) is 44.8 Å². The molecule has 1 unspecified atom stereocenters. The summed E-state index contributed by atoms with van der Waals surface area (Å²) in [5.74, 6) is 2.30. The van der Waals surface area contributed by atoms with E-state index in [-0.39, 0.29) is 48.0 Å². The monoisotopic (exact) mass is 553 g/mol. The smallest absolute Gasteiger partial charge is 0.231 e. The van der Waals surface area contributed by atoms with Gasteiger partial charge in [-0.1, -0.05) is 25.5 Å². The van der Waals surface area contributed by atoms with E-state index in [1.807, 2.05) is 0 Å². The van der Waals surface area contributed by atoms with Gasteiger partial charge in [0.25, 0.3) is 0 Å². The molecule has 1 aromatic rings. The number of carbonyl (C=O) groups is 1. The Morgan fingerprint density at radius 2 is 2.03 bits per heavy atom. The highest BCUT2D eigenvalue weighted by Crippen LogP contribution is 2.51. The number of allylic oxidation sites excluding steroid dienone is 4. The van der Waals surface area contributed by atoms with E-state index >= 15 is 0 Å². The maximum atomic E-state index is 13.2. The first kappa shape index (κ1) is 25.1. The first-order valence-corrected chi connectivity index (χ1v) is 11.4. The van der Waals surface area contributed by atoms with E-state index in [0.717, 1.165) is 40.9 Å². The summed E-state index contributed by atoms with van der Waals surface area (Å²) in [4.78, 5) is 13.2. The molecule has 0 aromatic heterocycles. The zero-order valence-electron chi connectivity index (χ0n) is 20.2. The molecular weight excluding hydrogens is 517 g/mol. The third-order valence-electron chi connectivity index (χ3n) is 7.46. The molecular formula is C26H36INO4. The molecule has 32 heavy (non-hydrogen) atoms. The van der Waals surface area contributed by atoms with Gasteiger partial charge in [-0.3, -0.25) is 4.79 Å². The van der Waals surface area contributed by atoms with Gasteiger partial charge in [-0.15, -0.1) is 0 Å².